The summed E-state index contributed by atoms with van der Waals surface area (Å²) in [6, 6.07) is 12.7. The van der Waals surface area contributed by atoms with E-state index in [9.17, 15) is 4.79 Å². The van der Waals surface area contributed by atoms with Crippen LogP contribution in [0.15, 0.2) is 36.4 Å². The number of benzene rings is 1. The third-order valence-corrected chi connectivity index (χ3v) is 4.57. The number of rotatable bonds is 3. The Bertz CT molecular complexity index is 676. The average molecular weight is 313 g/mol. The molecule has 2 aromatic rings. The summed E-state index contributed by atoms with van der Waals surface area (Å²) < 4.78 is 0. The van der Waals surface area contributed by atoms with Crippen LogP contribution < -0.4 is 9.88 Å². The number of fused-ring (bicyclic) bond motifs is 1. The molecule has 1 aliphatic rings. The largest absolute Gasteiger partial charge is 0.325 e. The number of aromatic nitrogens is 1. The number of para-hydroxylation sites is 1. The number of anilines is 1. The summed E-state index contributed by atoms with van der Waals surface area (Å²) in [6.45, 7) is 8.88. The molecular weight excluding hydrogens is 288 g/mol. The zero-order valence-electron chi connectivity index (χ0n) is 14.0. The Morgan fingerprint density at radius 1 is 1.04 bits per heavy atom. The van der Waals surface area contributed by atoms with Crippen molar-refractivity contribution in [3.8, 4) is 0 Å². The van der Waals surface area contributed by atoms with E-state index in [0.29, 0.717) is 0 Å². The summed E-state index contributed by atoms with van der Waals surface area (Å²) >= 11 is 0. The molecule has 3 rings (SSSR count). The highest BCUT2D eigenvalue weighted by atomic mass is 16.2. The zero-order valence-corrected chi connectivity index (χ0v) is 14.0. The van der Waals surface area contributed by atoms with Crippen molar-refractivity contribution < 1.29 is 9.78 Å². The predicted molar refractivity (Wildman–Crippen MR) is 92.6 cm³/mol. The van der Waals surface area contributed by atoms with Gasteiger partial charge in [0.2, 0.25) is 0 Å². The maximum absolute atomic E-state index is 12.4. The first-order valence-corrected chi connectivity index (χ1v) is 8.42. The van der Waals surface area contributed by atoms with Crippen LogP contribution in [-0.4, -0.2) is 55.1 Å². The average Bonchev–Trinajstić information content (AvgIpc) is 2.62. The molecule has 23 heavy (non-hydrogen) atoms. The van der Waals surface area contributed by atoms with Gasteiger partial charge in [0.15, 0.2) is 0 Å². The van der Waals surface area contributed by atoms with Crippen molar-refractivity contribution >= 4 is 22.8 Å². The first-order chi connectivity index (χ1) is 11.2. The van der Waals surface area contributed by atoms with E-state index in [1.807, 2.05) is 35.8 Å². The molecule has 2 heterocycles. The second kappa shape index (κ2) is 6.86. The number of hydrogen-bond donors (Lipinski definition) is 0. The van der Waals surface area contributed by atoms with Gasteiger partial charge in [-0.25, -0.2) is 9.78 Å². The van der Waals surface area contributed by atoms with Gasteiger partial charge in [-0.1, -0.05) is 18.2 Å². The van der Waals surface area contributed by atoms with Gasteiger partial charge in [0, 0.05) is 24.5 Å². The molecule has 1 fully saturated rings. The molecule has 2 amide bonds. The number of aromatic amines is 1. The summed E-state index contributed by atoms with van der Waals surface area (Å²) in [4.78, 5) is 22.1. The fourth-order valence-corrected chi connectivity index (χ4v) is 3.12. The minimum absolute atomic E-state index is 0.164. The molecule has 1 N–H and O–H groups in total. The third kappa shape index (κ3) is 3.23. The van der Waals surface area contributed by atoms with Gasteiger partial charge in [0.25, 0.3) is 5.82 Å². The molecule has 0 bridgehead atoms. The molecule has 5 nitrogen and oxygen atoms in total. The van der Waals surface area contributed by atoms with Crippen LogP contribution in [0.1, 0.15) is 13.8 Å². The van der Waals surface area contributed by atoms with Crippen molar-refractivity contribution in [1.82, 2.24) is 9.80 Å². The SMILES string of the molecule is CCN(CC)C(=O)N1CCN(c2ccc3ccccc3[nH+]2)CC1. The summed E-state index contributed by atoms with van der Waals surface area (Å²) in [7, 11) is 0. The second-order valence-electron chi connectivity index (χ2n) is 5.86. The molecule has 1 saturated heterocycles. The highest BCUT2D eigenvalue weighted by Crippen LogP contribution is 2.16. The minimum Gasteiger partial charge on any atom is -0.325 e. The standard InChI is InChI=1S/C18H24N4O/c1-3-20(4-2)18(23)22-13-11-21(12-14-22)17-10-9-15-7-5-6-8-16(15)19-17/h5-10H,3-4,11-14H2,1-2H3/p+1. The van der Waals surface area contributed by atoms with Crippen molar-refractivity contribution in [1.29, 1.82) is 0 Å². The molecule has 1 aliphatic heterocycles. The Kier molecular flexibility index (Phi) is 4.65. The monoisotopic (exact) mass is 313 g/mol. The fraction of sp³-hybridized carbons (Fsp3) is 0.444. The molecular formula is C18H25N4O+. The molecule has 0 saturated carbocycles. The highest BCUT2D eigenvalue weighted by molar-refractivity contribution is 5.76. The Balaban J connectivity index is 1.67. The number of pyridine rings is 1. The molecule has 0 spiro atoms. The minimum atomic E-state index is 0.164. The van der Waals surface area contributed by atoms with Gasteiger partial charge in [-0.15, -0.1) is 0 Å². The van der Waals surface area contributed by atoms with Crippen molar-refractivity contribution in [3.63, 3.8) is 0 Å². The predicted octanol–water partition coefficient (Wildman–Crippen LogP) is 2.24. The van der Waals surface area contributed by atoms with E-state index in [4.69, 9.17) is 0 Å². The number of piperazine rings is 1. The van der Waals surface area contributed by atoms with E-state index in [1.165, 1.54) is 5.39 Å². The van der Waals surface area contributed by atoms with Crippen LogP contribution >= 0.6 is 0 Å². The Morgan fingerprint density at radius 3 is 2.43 bits per heavy atom. The lowest BCUT2D eigenvalue weighted by molar-refractivity contribution is -0.330. The third-order valence-electron chi connectivity index (χ3n) is 4.57. The van der Waals surface area contributed by atoms with Crippen LogP contribution in [0.4, 0.5) is 10.6 Å². The van der Waals surface area contributed by atoms with Crippen molar-refractivity contribution in [2.45, 2.75) is 13.8 Å². The lowest BCUT2D eigenvalue weighted by Crippen LogP contribution is -2.53. The van der Waals surface area contributed by atoms with Gasteiger partial charge in [-0.05, 0) is 26.0 Å². The number of carbonyl (C=O) groups excluding carboxylic acids is 1. The van der Waals surface area contributed by atoms with E-state index >= 15 is 0 Å². The fourth-order valence-electron chi connectivity index (χ4n) is 3.12. The van der Waals surface area contributed by atoms with Crippen molar-refractivity contribution in [2.75, 3.05) is 44.2 Å². The van der Waals surface area contributed by atoms with E-state index in [-0.39, 0.29) is 6.03 Å². The quantitative estimate of drug-likeness (QED) is 0.872. The Morgan fingerprint density at radius 2 is 1.74 bits per heavy atom. The molecule has 0 atom stereocenters. The first-order valence-electron chi connectivity index (χ1n) is 8.42. The van der Waals surface area contributed by atoms with Gasteiger partial charge in [0.05, 0.1) is 13.1 Å². The maximum Gasteiger partial charge on any atom is 0.320 e. The number of urea groups is 1. The second-order valence-corrected chi connectivity index (χ2v) is 5.86. The van der Waals surface area contributed by atoms with Crippen molar-refractivity contribution in [2.24, 2.45) is 0 Å². The number of amides is 2. The van der Waals surface area contributed by atoms with Crippen molar-refractivity contribution in [3.05, 3.63) is 36.4 Å². The summed E-state index contributed by atoms with van der Waals surface area (Å²) in [5.74, 6) is 1.12. The first kappa shape index (κ1) is 15.6. The molecule has 1 aromatic heterocycles. The van der Waals surface area contributed by atoms with Crippen LogP contribution in [0.25, 0.3) is 10.9 Å². The summed E-state index contributed by atoms with van der Waals surface area (Å²) in [5.41, 5.74) is 1.15. The maximum atomic E-state index is 12.4. The molecule has 0 aliphatic carbocycles. The van der Waals surface area contributed by atoms with Gasteiger partial charge in [-0.2, -0.15) is 0 Å². The van der Waals surface area contributed by atoms with E-state index < -0.39 is 0 Å². The lowest BCUT2D eigenvalue weighted by Gasteiger charge is -2.34. The normalized spacial score (nSPS) is 15.0. The van der Waals surface area contributed by atoms with Gasteiger partial charge >= 0.3 is 6.03 Å². The van der Waals surface area contributed by atoms with E-state index in [0.717, 1.165) is 50.6 Å². The number of nitrogens with one attached hydrogen (secondary N) is 1. The summed E-state index contributed by atoms with van der Waals surface area (Å²) in [6.07, 6.45) is 0. The van der Waals surface area contributed by atoms with Crippen LogP contribution in [-0.2, 0) is 0 Å². The van der Waals surface area contributed by atoms with Crippen LogP contribution in [0.3, 0.4) is 0 Å². The van der Waals surface area contributed by atoms with E-state index in [1.54, 1.807) is 0 Å². The molecule has 0 unspecified atom stereocenters. The zero-order chi connectivity index (χ0) is 16.2. The summed E-state index contributed by atoms with van der Waals surface area (Å²) in [5, 5.41) is 1.21. The number of carbonyl (C=O) groups is 1. The number of nitrogens with zero attached hydrogens (tertiary/aromatic N) is 3. The van der Waals surface area contributed by atoms with Crippen LogP contribution in [0.5, 0.6) is 0 Å². The Labute approximate surface area is 137 Å². The van der Waals surface area contributed by atoms with Crippen LogP contribution in [0.2, 0.25) is 0 Å². The van der Waals surface area contributed by atoms with E-state index in [2.05, 4.69) is 34.1 Å². The van der Waals surface area contributed by atoms with Crippen LogP contribution in [0, 0.1) is 0 Å². The van der Waals surface area contributed by atoms with Gasteiger partial charge in [-0.3, -0.25) is 4.90 Å². The molecule has 0 radical (unpaired) electrons. The van der Waals surface area contributed by atoms with Gasteiger partial charge < -0.3 is 9.80 Å². The smallest absolute Gasteiger partial charge is 0.320 e. The number of H-pyrrole nitrogens is 1. The Hall–Kier alpha value is -2.30. The lowest BCUT2D eigenvalue weighted by atomic mass is 10.2. The van der Waals surface area contributed by atoms with Gasteiger partial charge in [0.1, 0.15) is 18.6 Å². The topological polar surface area (TPSA) is 40.9 Å². The molecule has 1 aromatic carbocycles. The molecule has 122 valence electrons. The molecule has 5 heteroatoms. The highest BCUT2D eigenvalue weighted by Gasteiger charge is 2.28. The number of hydrogen-bond acceptors (Lipinski definition) is 2.